The first-order valence-electron chi connectivity index (χ1n) is 6.80. The fraction of sp³-hybridized carbons (Fsp3) is 0.692. The van der Waals surface area contributed by atoms with Crippen molar-refractivity contribution in [3.8, 4) is 0 Å². The normalized spacial score (nSPS) is 29.8. The number of thiazole rings is 1. The fourth-order valence-electron chi connectivity index (χ4n) is 3.46. The molecular formula is C13H15F3N2O2S. The first-order valence-corrected chi connectivity index (χ1v) is 7.62. The van der Waals surface area contributed by atoms with Crippen molar-refractivity contribution in [2.45, 2.75) is 49.9 Å². The molecule has 1 aromatic heterocycles. The third-order valence-corrected chi connectivity index (χ3v) is 5.76. The quantitative estimate of drug-likeness (QED) is 0.909. The number of hydrogen-bond acceptors (Lipinski definition) is 4. The van der Waals surface area contributed by atoms with Crippen LogP contribution in [0.25, 0.3) is 0 Å². The monoisotopic (exact) mass is 320 g/mol. The topological polar surface area (TPSA) is 53.4 Å². The highest BCUT2D eigenvalue weighted by Crippen LogP contribution is 2.45. The minimum absolute atomic E-state index is 0.0575. The minimum Gasteiger partial charge on any atom is -0.477 e. The van der Waals surface area contributed by atoms with E-state index in [0.29, 0.717) is 28.4 Å². The summed E-state index contributed by atoms with van der Waals surface area (Å²) in [7, 11) is 2.05. The summed E-state index contributed by atoms with van der Waals surface area (Å²) in [6, 6.07) is 0.750. The van der Waals surface area contributed by atoms with Crippen molar-refractivity contribution >= 4 is 17.3 Å². The zero-order valence-electron chi connectivity index (χ0n) is 11.4. The lowest BCUT2D eigenvalue weighted by Crippen LogP contribution is -2.39. The van der Waals surface area contributed by atoms with Crippen LogP contribution in [0.15, 0.2) is 0 Å². The van der Waals surface area contributed by atoms with Gasteiger partial charge in [0, 0.05) is 18.0 Å². The summed E-state index contributed by atoms with van der Waals surface area (Å²) in [4.78, 5) is 16.3. The maximum Gasteiger partial charge on any atom is 0.435 e. The molecule has 0 amide bonds. The van der Waals surface area contributed by atoms with Gasteiger partial charge in [0.15, 0.2) is 5.69 Å². The van der Waals surface area contributed by atoms with E-state index in [1.165, 1.54) is 0 Å². The van der Waals surface area contributed by atoms with Crippen LogP contribution in [0.5, 0.6) is 0 Å². The van der Waals surface area contributed by atoms with Gasteiger partial charge >= 0.3 is 12.1 Å². The maximum absolute atomic E-state index is 12.9. The highest BCUT2D eigenvalue weighted by molar-refractivity contribution is 7.13. The van der Waals surface area contributed by atoms with E-state index < -0.39 is 22.7 Å². The van der Waals surface area contributed by atoms with E-state index in [1.54, 1.807) is 0 Å². The number of aromatic nitrogens is 1. The van der Waals surface area contributed by atoms with Crippen LogP contribution in [0.2, 0.25) is 0 Å². The van der Waals surface area contributed by atoms with Crippen LogP contribution in [0, 0.1) is 0 Å². The lowest BCUT2D eigenvalue weighted by molar-refractivity contribution is -0.141. The Bertz CT molecular complexity index is 558. The molecule has 0 spiro atoms. The van der Waals surface area contributed by atoms with Crippen LogP contribution in [-0.2, 0) is 6.18 Å². The van der Waals surface area contributed by atoms with E-state index in [9.17, 15) is 18.0 Å². The molecule has 2 unspecified atom stereocenters. The van der Waals surface area contributed by atoms with Gasteiger partial charge in [0.05, 0.1) is 5.01 Å². The summed E-state index contributed by atoms with van der Waals surface area (Å²) in [5.41, 5.74) is -1.25. The zero-order valence-corrected chi connectivity index (χ0v) is 12.2. The van der Waals surface area contributed by atoms with E-state index in [0.717, 1.165) is 25.7 Å². The number of carbonyl (C=O) groups is 1. The molecule has 0 aliphatic carbocycles. The van der Waals surface area contributed by atoms with Gasteiger partial charge in [0.2, 0.25) is 0 Å². The summed E-state index contributed by atoms with van der Waals surface area (Å²) in [5.74, 6) is -1.61. The molecule has 2 fully saturated rings. The minimum atomic E-state index is -4.72. The molecule has 2 aliphatic heterocycles. The molecule has 0 saturated carbocycles. The second-order valence-corrected chi connectivity index (χ2v) is 6.78. The number of nitrogens with zero attached hydrogens (tertiary/aromatic N) is 2. The number of piperidine rings is 1. The number of aromatic carboxylic acids is 1. The molecule has 2 aliphatic rings. The molecular weight excluding hydrogens is 305 g/mol. The molecule has 0 radical (unpaired) electrons. The van der Waals surface area contributed by atoms with Gasteiger partial charge in [-0.25, -0.2) is 9.78 Å². The highest BCUT2D eigenvalue weighted by Gasteiger charge is 2.43. The Labute approximate surface area is 123 Å². The fourth-order valence-corrected chi connectivity index (χ4v) is 4.51. The predicted molar refractivity (Wildman–Crippen MR) is 70.6 cm³/mol. The Morgan fingerprint density at radius 1 is 1.33 bits per heavy atom. The third kappa shape index (κ3) is 2.55. The van der Waals surface area contributed by atoms with Crippen molar-refractivity contribution in [2.24, 2.45) is 0 Å². The molecule has 116 valence electrons. The van der Waals surface area contributed by atoms with E-state index in [-0.39, 0.29) is 5.92 Å². The van der Waals surface area contributed by atoms with Crippen LogP contribution in [-0.4, -0.2) is 40.1 Å². The second-order valence-electron chi connectivity index (χ2n) is 5.75. The van der Waals surface area contributed by atoms with Crippen molar-refractivity contribution in [1.29, 1.82) is 0 Å². The van der Waals surface area contributed by atoms with E-state index in [4.69, 9.17) is 5.11 Å². The van der Waals surface area contributed by atoms with Crippen LogP contribution in [0.4, 0.5) is 13.2 Å². The number of halogens is 3. The Morgan fingerprint density at radius 2 is 1.90 bits per heavy atom. The third-order valence-electron chi connectivity index (χ3n) is 4.55. The van der Waals surface area contributed by atoms with Crippen molar-refractivity contribution in [3.63, 3.8) is 0 Å². The first kappa shape index (κ1) is 14.8. The Morgan fingerprint density at radius 3 is 2.33 bits per heavy atom. The molecule has 21 heavy (non-hydrogen) atoms. The molecule has 0 aromatic carbocycles. The molecule has 3 heterocycles. The number of hydrogen-bond donors (Lipinski definition) is 1. The van der Waals surface area contributed by atoms with Crippen LogP contribution in [0.3, 0.4) is 0 Å². The van der Waals surface area contributed by atoms with Crippen molar-refractivity contribution in [2.75, 3.05) is 7.05 Å². The smallest absolute Gasteiger partial charge is 0.435 e. The van der Waals surface area contributed by atoms with Gasteiger partial charge in [0.25, 0.3) is 0 Å². The lowest BCUT2D eigenvalue weighted by Gasteiger charge is -2.35. The number of carboxylic acid groups (broad SMARTS) is 1. The zero-order chi connectivity index (χ0) is 15.4. The Kier molecular flexibility index (Phi) is 3.48. The van der Waals surface area contributed by atoms with Crippen molar-refractivity contribution in [1.82, 2.24) is 9.88 Å². The van der Waals surface area contributed by atoms with Gasteiger partial charge in [-0.05, 0) is 32.7 Å². The summed E-state index contributed by atoms with van der Waals surface area (Å²) in [6.07, 6.45) is -1.08. The largest absolute Gasteiger partial charge is 0.477 e. The van der Waals surface area contributed by atoms with Gasteiger partial charge in [-0.2, -0.15) is 13.2 Å². The summed E-state index contributed by atoms with van der Waals surface area (Å²) in [6.45, 7) is 0. The van der Waals surface area contributed by atoms with Crippen LogP contribution >= 0.6 is 11.3 Å². The van der Waals surface area contributed by atoms with Gasteiger partial charge in [-0.15, -0.1) is 11.3 Å². The molecule has 8 heteroatoms. The number of carboxylic acids is 1. The average Bonchev–Trinajstić information content (AvgIpc) is 2.89. The Balaban J connectivity index is 1.92. The van der Waals surface area contributed by atoms with Gasteiger partial charge in [0.1, 0.15) is 4.88 Å². The van der Waals surface area contributed by atoms with E-state index in [1.807, 2.05) is 7.05 Å². The molecule has 1 aromatic rings. The lowest BCUT2D eigenvalue weighted by atomic mass is 9.92. The van der Waals surface area contributed by atoms with Crippen LogP contribution in [0.1, 0.15) is 52.0 Å². The number of fused-ring (bicyclic) bond motifs is 2. The molecule has 2 bridgehead atoms. The summed E-state index contributed by atoms with van der Waals surface area (Å²) in [5, 5.41) is 9.29. The van der Waals surface area contributed by atoms with E-state index in [2.05, 4.69) is 9.88 Å². The summed E-state index contributed by atoms with van der Waals surface area (Å²) < 4.78 is 38.7. The average molecular weight is 320 g/mol. The molecule has 2 atom stereocenters. The van der Waals surface area contributed by atoms with Gasteiger partial charge in [-0.3, -0.25) is 0 Å². The molecule has 3 rings (SSSR count). The van der Waals surface area contributed by atoms with Crippen LogP contribution < -0.4 is 0 Å². The first-order chi connectivity index (χ1) is 9.77. The second kappa shape index (κ2) is 4.95. The van der Waals surface area contributed by atoms with E-state index >= 15 is 0 Å². The number of rotatable bonds is 2. The molecule has 4 nitrogen and oxygen atoms in total. The standard InChI is InChI=1S/C13H15F3N2O2S/c1-18-7-2-3-8(18)5-6(4-7)11-17-10(13(14,15)16)9(21-11)12(19)20/h6-8H,2-5H2,1H3,(H,19,20). The highest BCUT2D eigenvalue weighted by atomic mass is 32.1. The Hall–Kier alpha value is -1.15. The summed E-state index contributed by atoms with van der Waals surface area (Å²) >= 11 is 0.685. The van der Waals surface area contributed by atoms with Crippen molar-refractivity contribution in [3.05, 3.63) is 15.6 Å². The van der Waals surface area contributed by atoms with Gasteiger partial charge < -0.3 is 10.0 Å². The van der Waals surface area contributed by atoms with Crippen molar-refractivity contribution < 1.29 is 23.1 Å². The maximum atomic E-state index is 12.9. The number of alkyl halides is 3. The molecule has 1 N–H and O–H groups in total. The molecule has 2 saturated heterocycles. The SMILES string of the molecule is CN1C2CCC1CC(c1nc(C(F)(F)F)c(C(=O)O)s1)C2. The van der Waals surface area contributed by atoms with Gasteiger partial charge in [-0.1, -0.05) is 0 Å². The predicted octanol–water partition coefficient (Wildman–Crippen LogP) is 3.20.